The zero-order valence-corrected chi connectivity index (χ0v) is 14.1. The summed E-state index contributed by atoms with van der Waals surface area (Å²) >= 11 is 1.85. The molecule has 1 aliphatic carbocycles. The first-order valence-electron chi connectivity index (χ1n) is 7.33. The van der Waals surface area contributed by atoms with E-state index in [-0.39, 0.29) is 24.2 Å². The molecule has 1 aromatic carbocycles. The van der Waals surface area contributed by atoms with Crippen molar-refractivity contribution >= 4 is 35.8 Å². The van der Waals surface area contributed by atoms with Gasteiger partial charge in [0.15, 0.2) is 0 Å². The largest absolute Gasteiger partial charge is 0.330 e. The fraction of sp³-hybridized carbons (Fsp3) is 0.562. The number of anilines is 1. The van der Waals surface area contributed by atoms with Gasteiger partial charge < -0.3 is 11.1 Å². The van der Waals surface area contributed by atoms with Gasteiger partial charge in [-0.1, -0.05) is 18.6 Å². The molecule has 1 saturated carbocycles. The molecule has 1 amide bonds. The highest BCUT2D eigenvalue weighted by molar-refractivity contribution is 7.98. The maximum Gasteiger partial charge on any atom is 0.227 e. The van der Waals surface area contributed by atoms with Crippen LogP contribution in [0.4, 0.5) is 5.69 Å². The molecule has 0 bridgehead atoms. The molecule has 0 unspecified atom stereocenters. The minimum absolute atomic E-state index is 0. The predicted octanol–water partition coefficient (Wildman–Crippen LogP) is 3.33. The Labute approximate surface area is 137 Å². The van der Waals surface area contributed by atoms with Gasteiger partial charge in [-0.25, -0.2) is 0 Å². The van der Waals surface area contributed by atoms with Crippen LogP contribution in [0.2, 0.25) is 0 Å². The second-order valence-corrected chi connectivity index (χ2v) is 6.45. The molecule has 0 aliphatic heterocycles. The van der Waals surface area contributed by atoms with Gasteiger partial charge in [0.05, 0.1) is 0 Å². The molecule has 0 heterocycles. The molecule has 3 N–H and O–H groups in total. The van der Waals surface area contributed by atoms with Crippen LogP contribution >= 0.6 is 24.2 Å². The summed E-state index contributed by atoms with van der Waals surface area (Å²) in [6, 6.07) is 8.20. The maximum atomic E-state index is 12.3. The van der Waals surface area contributed by atoms with Gasteiger partial charge in [0.25, 0.3) is 0 Å². The summed E-state index contributed by atoms with van der Waals surface area (Å²) in [6.07, 6.45) is 6.37. The van der Waals surface area contributed by atoms with Crippen molar-refractivity contribution in [3.05, 3.63) is 29.8 Å². The number of thioether (sulfide) groups is 1. The highest BCUT2D eigenvalue weighted by Gasteiger charge is 2.31. The summed E-state index contributed by atoms with van der Waals surface area (Å²) < 4.78 is 0. The van der Waals surface area contributed by atoms with E-state index in [1.54, 1.807) is 0 Å². The fourth-order valence-electron chi connectivity index (χ4n) is 2.87. The summed E-state index contributed by atoms with van der Waals surface area (Å²) in [4.78, 5) is 12.3. The van der Waals surface area contributed by atoms with Gasteiger partial charge >= 0.3 is 0 Å². The van der Waals surface area contributed by atoms with E-state index in [2.05, 4.69) is 23.7 Å². The SMILES string of the molecule is CSCCc1ccc(NC(=O)[C@@H]2CCC[C@@H]2CN)cc1.Cl. The van der Waals surface area contributed by atoms with Gasteiger partial charge in [0.1, 0.15) is 0 Å². The number of benzene rings is 1. The van der Waals surface area contributed by atoms with Crippen molar-refractivity contribution in [3.63, 3.8) is 0 Å². The summed E-state index contributed by atoms with van der Waals surface area (Å²) in [6.45, 7) is 0.617. The van der Waals surface area contributed by atoms with Crippen LogP contribution in [0.15, 0.2) is 24.3 Å². The number of amides is 1. The Morgan fingerprint density at radius 2 is 2.05 bits per heavy atom. The van der Waals surface area contributed by atoms with Crippen molar-refractivity contribution in [2.45, 2.75) is 25.7 Å². The van der Waals surface area contributed by atoms with Gasteiger partial charge in [-0.05, 0) is 61.4 Å². The van der Waals surface area contributed by atoms with Crippen LogP contribution < -0.4 is 11.1 Å². The number of hydrogen-bond donors (Lipinski definition) is 2. The second-order valence-electron chi connectivity index (χ2n) is 5.46. The molecule has 5 heteroatoms. The smallest absolute Gasteiger partial charge is 0.227 e. The van der Waals surface area contributed by atoms with Gasteiger partial charge in [-0.15, -0.1) is 12.4 Å². The van der Waals surface area contributed by atoms with Gasteiger partial charge in [-0.2, -0.15) is 11.8 Å². The molecule has 2 rings (SSSR count). The lowest BCUT2D eigenvalue weighted by molar-refractivity contribution is -0.120. The standard InChI is InChI=1S/C16H24N2OS.ClH/c1-20-10-9-12-5-7-14(8-6-12)18-16(19)15-4-2-3-13(15)11-17;/h5-8,13,15H,2-4,9-11,17H2,1H3,(H,18,19);1H/t13-,15-;/m1./s1. The first-order valence-corrected chi connectivity index (χ1v) is 8.72. The van der Waals surface area contributed by atoms with Crippen molar-refractivity contribution < 1.29 is 4.79 Å². The molecule has 0 spiro atoms. The molecular formula is C16H25ClN2OS. The number of rotatable bonds is 6. The minimum atomic E-state index is 0. The van der Waals surface area contributed by atoms with E-state index in [1.807, 2.05) is 23.9 Å². The lowest BCUT2D eigenvalue weighted by atomic mass is 9.95. The molecule has 21 heavy (non-hydrogen) atoms. The zero-order valence-electron chi connectivity index (χ0n) is 12.5. The number of carbonyl (C=O) groups is 1. The number of nitrogens with two attached hydrogens (primary N) is 1. The summed E-state index contributed by atoms with van der Waals surface area (Å²) in [5.41, 5.74) is 7.95. The molecule has 1 aliphatic rings. The predicted molar refractivity (Wildman–Crippen MR) is 94.3 cm³/mol. The molecule has 0 saturated heterocycles. The zero-order chi connectivity index (χ0) is 14.4. The van der Waals surface area contributed by atoms with Crippen LogP contribution in [0.1, 0.15) is 24.8 Å². The second kappa shape index (κ2) is 9.34. The quantitative estimate of drug-likeness (QED) is 0.842. The Bertz CT molecular complexity index is 438. The minimum Gasteiger partial charge on any atom is -0.330 e. The Morgan fingerprint density at radius 1 is 1.33 bits per heavy atom. The Morgan fingerprint density at radius 3 is 2.67 bits per heavy atom. The third kappa shape index (κ3) is 5.20. The van der Waals surface area contributed by atoms with Crippen LogP contribution in [-0.4, -0.2) is 24.5 Å². The van der Waals surface area contributed by atoms with Crippen LogP contribution in [-0.2, 0) is 11.2 Å². The first kappa shape index (κ1) is 18.3. The lowest BCUT2D eigenvalue weighted by Gasteiger charge is -2.17. The lowest BCUT2D eigenvalue weighted by Crippen LogP contribution is -2.29. The van der Waals surface area contributed by atoms with E-state index in [0.29, 0.717) is 12.5 Å². The third-order valence-corrected chi connectivity index (χ3v) is 4.73. The first-order chi connectivity index (χ1) is 9.74. The number of carbonyl (C=O) groups excluding carboxylic acids is 1. The van der Waals surface area contributed by atoms with Crippen molar-refractivity contribution in [2.24, 2.45) is 17.6 Å². The van der Waals surface area contributed by atoms with Gasteiger partial charge in [0, 0.05) is 11.6 Å². The normalized spacial score (nSPS) is 20.9. The monoisotopic (exact) mass is 328 g/mol. The molecular weight excluding hydrogens is 304 g/mol. The molecule has 3 nitrogen and oxygen atoms in total. The van der Waals surface area contributed by atoms with E-state index in [1.165, 1.54) is 5.56 Å². The van der Waals surface area contributed by atoms with Crippen LogP contribution in [0.5, 0.6) is 0 Å². The van der Waals surface area contributed by atoms with E-state index in [0.717, 1.165) is 37.1 Å². The molecule has 1 aromatic rings. The van der Waals surface area contributed by atoms with Crippen molar-refractivity contribution in [2.75, 3.05) is 23.9 Å². The van der Waals surface area contributed by atoms with Gasteiger partial charge in [-0.3, -0.25) is 4.79 Å². The summed E-state index contributed by atoms with van der Waals surface area (Å²) in [5.74, 6) is 1.72. The summed E-state index contributed by atoms with van der Waals surface area (Å²) in [5, 5.41) is 3.03. The van der Waals surface area contributed by atoms with Crippen molar-refractivity contribution in [1.82, 2.24) is 0 Å². The Kier molecular flexibility index (Phi) is 8.15. The molecule has 0 radical (unpaired) electrons. The number of aryl methyl sites for hydroxylation is 1. The number of nitrogens with one attached hydrogen (secondary N) is 1. The van der Waals surface area contributed by atoms with E-state index in [4.69, 9.17) is 5.73 Å². The maximum absolute atomic E-state index is 12.3. The Balaban J connectivity index is 0.00000220. The highest BCUT2D eigenvalue weighted by atomic mass is 35.5. The van der Waals surface area contributed by atoms with Gasteiger partial charge in [0.2, 0.25) is 5.91 Å². The summed E-state index contributed by atoms with van der Waals surface area (Å²) in [7, 11) is 0. The average Bonchev–Trinajstić information content (AvgIpc) is 2.95. The molecule has 2 atom stereocenters. The molecule has 118 valence electrons. The number of hydrogen-bond acceptors (Lipinski definition) is 3. The van der Waals surface area contributed by atoms with E-state index < -0.39 is 0 Å². The van der Waals surface area contributed by atoms with Crippen LogP contribution in [0.3, 0.4) is 0 Å². The Hall–Kier alpha value is -0.710. The van der Waals surface area contributed by atoms with E-state index in [9.17, 15) is 4.79 Å². The third-order valence-electron chi connectivity index (χ3n) is 4.11. The van der Waals surface area contributed by atoms with Crippen LogP contribution in [0.25, 0.3) is 0 Å². The fourth-order valence-corrected chi connectivity index (χ4v) is 3.31. The number of halogens is 1. The molecule has 0 aromatic heterocycles. The van der Waals surface area contributed by atoms with Crippen LogP contribution in [0, 0.1) is 11.8 Å². The average molecular weight is 329 g/mol. The van der Waals surface area contributed by atoms with E-state index >= 15 is 0 Å². The molecule has 1 fully saturated rings. The topological polar surface area (TPSA) is 55.1 Å². The highest BCUT2D eigenvalue weighted by Crippen LogP contribution is 2.31. The van der Waals surface area contributed by atoms with Crippen molar-refractivity contribution in [3.8, 4) is 0 Å². The van der Waals surface area contributed by atoms with Crippen molar-refractivity contribution in [1.29, 1.82) is 0 Å².